The van der Waals surface area contributed by atoms with Crippen LogP contribution in [0.2, 0.25) is 5.02 Å². The normalized spacial score (nSPS) is 13.8. The van der Waals surface area contributed by atoms with Gasteiger partial charge < -0.3 is 15.0 Å². The Kier molecular flexibility index (Phi) is 10.4. The molecule has 0 aliphatic rings. The summed E-state index contributed by atoms with van der Waals surface area (Å²) in [6.45, 7) is 7.38. The summed E-state index contributed by atoms with van der Waals surface area (Å²) in [5.74, 6) is 0.683. The SMILES string of the molecule is CC/C=C(\C=C/CC(F)(F)F)c1cc2c(cc1Cl)nc(CNP(C)C(N)=O)n2CCOCC. The van der Waals surface area contributed by atoms with Crippen LogP contribution in [0.4, 0.5) is 18.0 Å². The van der Waals surface area contributed by atoms with E-state index in [0.29, 0.717) is 60.2 Å². The molecule has 2 rings (SSSR count). The molecule has 0 bridgehead atoms. The van der Waals surface area contributed by atoms with Crippen LogP contribution >= 0.6 is 19.7 Å². The van der Waals surface area contributed by atoms with Crippen molar-refractivity contribution in [3.8, 4) is 0 Å². The third-order valence-electron chi connectivity index (χ3n) is 4.77. The number of hydrogen-bond donors (Lipinski definition) is 2. The van der Waals surface area contributed by atoms with Crippen LogP contribution in [0.5, 0.6) is 0 Å². The van der Waals surface area contributed by atoms with Crippen molar-refractivity contribution in [1.82, 2.24) is 14.6 Å². The molecule has 0 saturated carbocycles. The van der Waals surface area contributed by atoms with Gasteiger partial charge in [0.1, 0.15) is 5.82 Å². The van der Waals surface area contributed by atoms with Gasteiger partial charge in [0.25, 0.3) is 5.65 Å². The molecule has 2 aromatic rings. The van der Waals surface area contributed by atoms with Crippen LogP contribution < -0.4 is 10.8 Å². The van der Waals surface area contributed by atoms with E-state index in [4.69, 9.17) is 22.1 Å². The third-order valence-corrected chi connectivity index (χ3v) is 6.37. The fourth-order valence-electron chi connectivity index (χ4n) is 3.18. The van der Waals surface area contributed by atoms with E-state index in [9.17, 15) is 18.0 Å². The number of carbonyl (C=O) groups excluding carboxylic acids is 1. The van der Waals surface area contributed by atoms with E-state index in [2.05, 4.69) is 10.1 Å². The largest absolute Gasteiger partial charge is 0.392 e. The van der Waals surface area contributed by atoms with E-state index >= 15 is 0 Å². The van der Waals surface area contributed by atoms with Crippen molar-refractivity contribution >= 4 is 41.9 Å². The zero-order chi connectivity index (χ0) is 24.6. The zero-order valence-corrected chi connectivity index (χ0v) is 20.5. The minimum Gasteiger partial charge on any atom is -0.380 e. The number of alkyl halides is 3. The molecule has 33 heavy (non-hydrogen) atoms. The fourth-order valence-corrected chi connectivity index (χ4v) is 3.98. The van der Waals surface area contributed by atoms with E-state index in [-0.39, 0.29) is 0 Å². The first-order chi connectivity index (χ1) is 15.6. The molecule has 0 radical (unpaired) electrons. The molecule has 0 aliphatic heterocycles. The Balaban J connectivity index is 2.50. The zero-order valence-electron chi connectivity index (χ0n) is 18.9. The van der Waals surface area contributed by atoms with Gasteiger partial charge in [-0.1, -0.05) is 36.8 Å². The van der Waals surface area contributed by atoms with Gasteiger partial charge in [-0.25, -0.2) is 4.98 Å². The summed E-state index contributed by atoms with van der Waals surface area (Å²) in [6.07, 6.45) is -0.283. The Morgan fingerprint density at radius 1 is 1.36 bits per heavy atom. The molecule has 0 aliphatic carbocycles. The first kappa shape index (κ1) is 27.3. The second kappa shape index (κ2) is 12.5. The summed E-state index contributed by atoms with van der Waals surface area (Å²) >= 11 is 6.52. The summed E-state index contributed by atoms with van der Waals surface area (Å²) in [7, 11) is -1.20. The highest BCUT2D eigenvalue weighted by Crippen LogP contribution is 2.32. The number of hydrogen-bond acceptors (Lipinski definition) is 4. The summed E-state index contributed by atoms with van der Waals surface area (Å²) < 4.78 is 45.3. The molecule has 182 valence electrons. The fraction of sp³-hybridized carbons (Fsp3) is 0.455. The minimum atomic E-state index is -4.27. The molecule has 1 amide bonds. The van der Waals surface area contributed by atoms with Crippen LogP contribution in [-0.2, 0) is 17.8 Å². The number of nitrogens with one attached hydrogen (secondary N) is 1. The highest BCUT2D eigenvalue weighted by atomic mass is 35.5. The minimum absolute atomic E-state index is 0.321. The van der Waals surface area contributed by atoms with Gasteiger partial charge in [-0.3, -0.25) is 9.88 Å². The first-order valence-corrected chi connectivity index (χ1v) is 12.7. The van der Waals surface area contributed by atoms with Gasteiger partial charge in [-0.05, 0) is 37.7 Å². The lowest BCUT2D eigenvalue weighted by Gasteiger charge is -2.13. The molecule has 0 spiro atoms. The number of benzene rings is 1. The molecule has 1 atom stereocenters. The van der Waals surface area contributed by atoms with Crippen molar-refractivity contribution in [2.24, 2.45) is 5.73 Å². The number of amides is 1. The van der Waals surface area contributed by atoms with Crippen molar-refractivity contribution in [3.63, 3.8) is 0 Å². The Labute approximate surface area is 197 Å². The number of imidazole rings is 1. The lowest BCUT2D eigenvalue weighted by atomic mass is 10.0. The topological polar surface area (TPSA) is 82.2 Å². The number of nitrogens with two attached hydrogens (primary N) is 1. The molecule has 3 N–H and O–H groups in total. The molecule has 11 heteroatoms. The summed E-state index contributed by atoms with van der Waals surface area (Å²) in [6, 6.07) is 3.54. The van der Waals surface area contributed by atoms with Gasteiger partial charge >= 0.3 is 6.18 Å². The maximum Gasteiger partial charge on any atom is 0.392 e. The highest BCUT2D eigenvalue weighted by molar-refractivity contribution is 7.72. The molecule has 1 aromatic heterocycles. The summed E-state index contributed by atoms with van der Waals surface area (Å²) in [5.41, 5.74) is 7.60. The van der Waals surface area contributed by atoms with Gasteiger partial charge in [0.2, 0.25) is 0 Å². The van der Waals surface area contributed by atoms with Crippen molar-refractivity contribution in [2.75, 3.05) is 19.9 Å². The molecule has 1 heterocycles. The van der Waals surface area contributed by atoms with Gasteiger partial charge in [0, 0.05) is 18.7 Å². The molecule has 1 unspecified atom stereocenters. The second-order valence-corrected chi connectivity index (χ2v) is 9.50. The number of allylic oxidation sites excluding steroid dienone is 4. The monoisotopic (exact) mass is 504 g/mol. The van der Waals surface area contributed by atoms with E-state index in [1.54, 1.807) is 12.7 Å². The van der Waals surface area contributed by atoms with Crippen LogP contribution in [0.1, 0.15) is 38.1 Å². The van der Waals surface area contributed by atoms with Crippen LogP contribution in [-0.4, -0.2) is 41.3 Å². The number of rotatable bonds is 12. The number of primary amides is 1. The van der Waals surface area contributed by atoms with E-state index in [1.807, 2.05) is 30.6 Å². The molecule has 0 saturated heterocycles. The van der Waals surface area contributed by atoms with E-state index < -0.39 is 26.3 Å². The molecular formula is C22H29ClF3N4O2P. The number of aromatic nitrogens is 2. The smallest absolute Gasteiger partial charge is 0.380 e. The second-order valence-electron chi connectivity index (χ2n) is 7.22. The number of fused-ring (bicyclic) bond motifs is 1. The van der Waals surface area contributed by atoms with Crippen molar-refractivity contribution in [2.45, 2.75) is 46.0 Å². The predicted molar refractivity (Wildman–Crippen MR) is 129 cm³/mol. The van der Waals surface area contributed by atoms with E-state index in [0.717, 1.165) is 11.6 Å². The molecule has 1 aromatic carbocycles. The molecular weight excluding hydrogens is 476 g/mol. The van der Waals surface area contributed by atoms with Crippen molar-refractivity contribution < 1.29 is 22.7 Å². The molecule has 0 fully saturated rings. The maximum atomic E-state index is 12.6. The van der Waals surface area contributed by atoms with Gasteiger partial charge in [0.05, 0.1) is 43.7 Å². The Morgan fingerprint density at radius 3 is 2.70 bits per heavy atom. The van der Waals surface area contributed by atoms with Crippen LogP contribution in [0, 0.1) is 0 Å². The molecule has 6 nitrogen and oxygen atoms in total. The summed E-state index contributed by atoms with van der Waals surface area (Å²) in [4.78, 5) is 16.1. The quantitative estimate of drug-likeness (QED) is 0.204. The summed E-state index contributed by atoms with van der Waals surface area (Å²) in [5, 5.41) is 3.50. The van der Waals surface area contributed by atoms with Gasteiger partial charge in [0.15, 0.2) is 0 Å². The third kappa shape index (κ3) is 8.10. The average Bonchev–Trinajstić information content (AvgIpc) is 3.06. The van der Waals surface area contributed by atoms with Crippen molar-refractivity contribution in [3.05, 3.63) is 46.8 Å². The number of nitrogens with zero attached hydrogens (tertiary/aromatic N) is 2. The predicted octanol–water partition coefficient (Wildman–Crippen LogP) is 6.22. The highest BCUT2D eigenvalue weighted by Gasteiger charge is 2.24. The maximum absolute atomic E-state index is 12.6. The Bertz CT molecular complexity index is 1020. The number of ether oxygens (including phenoxy) is 1. The van der Waals surface area contributed by atoms with Gasteiger partial charge in [-0.2, -0.15) is 13.2 Å². The van der Waals surface area contributed by atoms with Crippen molar-refractivity contribution in [1.29, 1.82) is 0 Å². The van der Waals surface area contributed by atoms with E-state index in [1.165, 1.54) is 6.08 Å². The standard InChI is InChI=1S/C22H29ClF3N4O2P/c1-4-7-15(8-6-9-22(24,25)26)16-12-19-18(13-17(16)23)29-20(14-28-33(3)21(27)31)30(19)10-11-32-5-2/h6-8,12-13,28H,4-5,9-11,14H2,1-3H3,(H2,27,31)/b8-6-,15-7+. The van der Waals surface area contributed by atoms with Gasteiger partial charge in [-0.15, -0.1) is 0 Å². The van der Waals surface area contributed by atoms with Crippen LogP contribution in [0.15, 0.2) is 30.4 Å². The van der Waals surface area contributed by atoms with Crippen LogP contribution in [0.3, 0.4) is 0 Å². The Morgan fingerprint density at radius 2 is 2.09 bits per heavy atom. The first-order valence-electron chi connectivity index (χ1n) is 10.5. The average molecular weight is 505 g/mol. The lowest BCUT2D eigenvalue weighted by molar-refractivity contribution is -0.125. The number of halogens is 4. The Hall–Kier alpha value is -1.93. The lowest BCUT2D eigenvalue weighted by Crippen LogP contribution is -2.19. The number of carbonyl (C=O) groups is 1. The van der Waals surface area contributed by atoms with Crippen LogP contribution in [0.25, 0.3) is 16.6 Å².